The third kappa shape index (κ3) is 4.28. The van der Waals surface area contributed by atoms with Crippen LogP contribution in [0.25, 0.3) is 0 Å². The van der Waals surface area contributed by atoms with Gasteiger partial charge in [-0.15, -0.1) is 11.8 Å². The summed E-state index contributed by atoms with van der Waals surface area (Å²) in [4.78, 5) is 12.5. The van der Waals surface area contributed by atoms with E-state index in [9.17, 15) is 26.0 Å². The molecule has 2 aliphatic rings. The summed E-state index contributed by atoms with van der Waals surface area (Å²) in [5, 5.41) is -1.47. The van der Waals surface area contributed by atoms with E-state index < -0.39 is 41.0 Å². The van der Waals surface area contributed by atoms with Crippen molar-refractivity contribution in [1.82, 2.24) is 0 Å². The second-order valence-electron chi connectivity index (χ2n) is 6.60. The van der Waals surface area contributed by atoms with Crippen molar-refractivity contribution < 1.29 is 30.8 Å². The SMILES string of the molecule is CCOC(=O)C1=CC2(CCC1S(=O)(=O)Nc1ccc(F)cc1Cl)SCCS2(=O)=O. The third-order valence-corrected chi connectivity index (χ3v) is 11.5. The van der Waals surface area contributed by atoms with E-state index in [2.05, 4.69) is 4.72 Å². The number of rotatable bonds is 5. The highest BCUT2D eigenvalue weighted by Crippen LogP contribution is 2.48. The molecule has 0 saturated carbocycles. The number of halogens is 2. The lowest BCUT2D eigenvalue weighted by Crippen LogP contribution is -2.42. The summed E-state index contributed by atoms with van der Waals surface area (Å²) in [7, 11) is -7.73. The second kappa shape index (κ2) is 8.09. The average molecular weight is 484 g/mol. The quantitative estimate of drug-likeness (QED) is 0.641. The lowest BCUT2D eigenvalue weighted by atomic mass is 9.98. The molecule has 29 heavy (non-hydrogen) atoms. The molecule has 12 heteroatoms. The molecule has 0 bridgehead atoms. The van der Waals surface area contributed by atoms with Crippen LogP contribution in [0.2, 0.25) is 5.02 Å². The van der Waals surface area contributed by atoms with Gasteiger partial charge in [0.25, 0.3) is 0 Å². The number of carbonyl (C=O) groups excluding carboxylic acids is 1. The van der Waals surface area contributed by atoms with Gasteiger partial charge in [0.1, 0.15) is 15.1 Å². The number of esters is 1. The molecule has 1 aromatic carbocycles. The Morgan fingerprint density at radius 3 is 2.76 bits per heavy atom. The molecular weight excluding hydrogens is 465 g/mol. The van der Waals surface area contributed by atoms with Gasteiger partial charge in [0.05, 0.1) is 28.6 Å². The molecule has 160 valence electrons. The van der Waals surface area contributed by atoms with Crippen molar-refractivity contribution in [2.24, 2.45) is 0 Å². The van der Waals surface area contributed by atoms with E-state index >= 15 is 0 Å². The number of anilines is 1. The Bertz CT molecular complexity index is 1070. The molecule has 7 nitrogen and oxygen atoms in total. The van der Waals surface area contributed by atoms with Gasteiger partial charge in [-0.05, 0) is 44.0 Å². The smallest absolute Gasteiger partial charge is 0.335 e. The van der Waals surface area contributed by atoms with Crippen LogP contribution in [0, 0.1) is 5.82 Å². The Labute approximate surface area is 178 Å². The first kappa shape index (κ1) is 22.4. The highest BCUT2D eigenvalue weighted by molar-refractivity contribution is 8.18. The number of carbonyl (C=O) groups is 1. The van der Waals surface area contributed by atoms with Crippen LogP contribution in [0.15, 0.2) is 29.8 Å². The van der Waals surface area contributed by atoms with Crippen LogP contribution >= 0.6 is 23.4 Å². The zero-order valence-electron chi connectivity index (χ0n) is 15.4. The molecule has 1 aliphatic carbocycles. The van der Waals surface area contributed by atoms with E-state index in [0.717, 1.165) is 12.1 Å². The van der Waals surface area contributed by atoms with Crippen molar-refractivity contribution in [1.29, 1.82) is 0 Å². The van der Waals surface area contributed by atoms with Crippen LogP contribution in [0.1, 0.15) is 19.8 Å². The number of hydrogen-bond acceptors (Lipinski definition) is 7. The molecule has 1 heterocycles. The number of sulfone groups is 1. The minimum absolute atomic E-state index is 0.00700. The van der Waals surface area contributed by atoms with Crippen LogP contribution in [-0.2, 0) is 29.4 Å². The second-order valence-corrected chi connectivity index (χ2v) is 12.9. The van der Waals surface area contributed by atoms with Crippen molar-refractivity contribution in [3.8, 4) is 0 Å². The first-order chi connectivity index (χ1) is 13.5. The van der Waals surface area contributed by atoms with E-state index in [4.69, 9.17) is 16.3 Å². The summed E-state index contributed by atoms with van der Waals surface area (Å²) < 4.78 is 70.3. The normalized spacial score (nSPS) is 26.2. The van der Waals surface area contributed by atoms with Gasteiger partial charge >= 0.3 is 5.97 Å². The monoisotopic (exact) mass is 483 g/mol. The molecule has 2 unspecified atom stereocenters. The van der Waals surface area contributed by atoms with Gasteiger partial charge in [-0.25, -0.2) is 26.0 Å². The van der Waals surface area contributed by atoms with Crippen molar-refractivity contribution >= 4 is 54.9 Å². The van der Waals surface area contributed by atoms with Gasteiger partial charge in [-0.1, -0.05) is 11.6 Å². The first-order valence-corrected chi connectivity index (χ1v) is 13.3. The summed E-state index contributed by atoms with van der Waals surface area (Å²) >= 11 is 7.09. The molecule has 1 fully saturated rings. The Morgan fingerprint density at radius 1 is 1.45 bits per heavy atom. The molecule has 1 saturated heterocycles. The highest BCUT2D eigenvalue weighted by atomic mass is 35.5. The Kier molecular flexibility index (Phi) is 6.24. The summed E-state index contributed by atoms with van der Waals surface area (Å²) in [5.41, 5.74) is -0.263. The number of benzene rings is 1. The first-order valence-electron chi connectivity index (χ1n) is 8.74. The highest BCUT2D eigenvalue weighted by Gasteiger charge is 2.52. The number of hydrogen-bond donors (Lipinski definition) is 1. The maximum absolute atomic E-state index is 13.2. The van der Waals surface area contributed by atoms with Crippen LogP contribution < -0.4 is 4.72 Å². The molecule has 1 spiro atoms. The van der Waals surface area contributed by atoms with Crippen molar-refractivity contribution in [3.63, 3.8) is 0 Å². The average Bonchev–Trinajstić information content (AvgIpc) is 2.91. The summed E-state index contributed by atoms with van der Waals surface area (Å²) in [6, 6.07) is 3.17. The zero-order chi connectivity index (χ0) is 21.4. The fourth-order valence-electron chi connectivity index (χ4n) is 3.36. The predicted molar refractivity (Wildman–Crippen MR) is 111 cm³/mol. The van der Waals surface area contributed by atoms with Gasteiger partial charge in [0.2, 0.25) is 10.0 Å². The maximum Gasteiger partial charge on any atom is 0.335 e. The van der Waals surface area contributed by atoms with E-state index in [-0.39, 0.29) is 41.5 Å². The minimum atomic E-state index is -4.20. The number of ether oxygens (including phenoxy) is 1. The fourth-order valence-corrected chi connectivity index (χ4v) is 9.51. The topological polar surface area (TPSA) is 107 Å². The van der Waals surface area contributed by atoms with E-state index in [0.29, 0.717) is 5.75 Å². The van der Waals surface area contributed by atoms with Crippen LogP contribution in [0.4, 0.5) is 10.1 Å². The maximum atomic E-state index is 13.2. The third-order valence-electron chi connectivity index (χ3n) is 4.77. The van der Waals surface area contributed by atoms with Gasteiger partial charge in [0.15, 0.2) is 9.84 Å². The largest absolute Gasteiger partial charge is 0.463 e. The lowest BCUT2D eigenvalue weighted by Gasteiger charge is -2.33. The van der Waals surface area contributed by atoms with Crippen LogP contribution in [0.3, 0.4) is 0 Å². The molecule has 0 radical (unpaired) electrons. The number of thioether (sulfide) groups is 1. The van der Waals surface area contributed by atoms with Gasteiger partial charge in [-0.3, -0.25) is 4.72 Å². The fraction of sp³-hybridized carbons (Fsp3) is 0.471. The van der Waals surface area contributed by atoms with Crippen LogP contribution in [0.5, 0.6) is 0 Å². The van der Waals surface area contributed by atoms with E-state index in [1.165, 1.54) is 23.9 Å². The van der Waals surface area contributed by atoms with Crippen molar-refractivity contribution in [2.45, 2.75) is 29.1 Å². The summed E-state index contributed by atoms with van der Waals surface area (Å²) in [6.07, 6.45) is 1.19. The molecule has 0 aromatic heterocycles. The van der Waals surface area contributed by atoms with Crippen molar-refractivity contribution in [3.05, 3.63) is 40.7 Å². The van der Waals surface area contributed by atoms with Crippen molar-refractivity contribution in [2.75, 3.05) is 22.8 Å². The summed E-state index contributed by atoms with van der Waals surface area (Å²) in [6.45, 7) is 1.57. The van der Waals surface area contributed by atoms with E-state index in [1.54, 1.807) is 6.92 Å². The van der Waals surface area contributed by atoms with E-state index in [1.807, 2.05) is 0 Å². The lowest BCUT2D eigenvalue weighted by molar-refractivity contribution is -0.138. The minimum Gasteiger partial charge on any atom is -0.463 e. The van der Waals surface area contributed by atoms with Crippen LogP contribution in [-0.4, -0.2) is 50.2 Å². The number of nitrogens with one attached hydrogen (secondary N) is 1. The van der Waals surface area contributed by atoms with Gasteiger partial charge < -0.3 is 4.74 Å². The molecule has 2 atom stereocenters. The molecular formula is C17H19ClFNO6S3. The molecule has 1 N–H and O–H groups in total. The number of sulfonamides is 1. The Hall–Kier alpha value is -1.30. The predicted octanol–water partition coefficient (Wildman–Crippen LogP) is 2.73. The molecule has 3 rings (SSSR count). The van der Waals surface area contributed by atoms with Gasteiger partial charge in [-0.2, -0.15) is 0 Å². The zero-order valence-corrected chi connectivity index (χ0v) is 18.6. The summed E-state index contributed by atoms with van der Waals surface area (Å²) in [5.74, 6) is -1.18. The van der Waals surface area contributed by atoms with Gasteiger partial charge in [0, 0.05) is 5.75 Å². The molecule has 0 amide bonds. The Balaban J connectivity index is 2.02. The Morgan fingerprint density at radius 2 is 2.17 bits per heavy atom. The molecule has 1 aliphatic heterocycles. The molecule has 1 aromatic rings. The standard InChI is InChI=1S/C17H19ClFNO6S3/c1-2-26-16(21)12-10-17(27-7-8-28(17,22)23)6-5-15(12)29(24,25)20-14-4-3-11(19)9-13(14)18/h3-4,9-10,15,20H,2,5-8H2,1H3.